The molecule has 1 heterocycles. The van der Waals surface area contributed by atoms with Crippen molar-refractivity contribution in [1.29, 1.82) is 0 Å². The fourth-order valence-electron chi connectivity index (χ4n) is 3.72. The normalized spacial score (nSPS) is 15.8. The number of hydrogen-bond donors (Lipinski definition) is 0. The van der Waals surface area contributed by atoms with E-state index in [1.165, 1.54) is 37.8 Å². The van der Waals surface area contributed by atoms with Crippen LogP contribution in [0.2, 0.25) is 0 Å². The molecule has 1 fully saturated rings. The molecule has 2 rings (SSSR count). The van der Waals surface area contributed by atoms with E-state index in [2.05, 4.69) is 31.1 Å². The molecule has 3 heteroatoms. The number of carbonyl (C=O) groups is 1. The topological polar surface area (TPSA) is 25.2 Å². The predicted octanol–water partition coefficient (Wildman–Crippen LogP) is 4.65. The second-order valence-corrected chi connectivity index (χ2v) is 6.72. The molecule has 0 atom stereocenters. The minimum atomic E-state index is 0.139. The lowest BCUT2D eigenvalue weighted by atomic mass is 9.95. The number of likely N-dealkylation sites (N-methyl/N-ethyl adjacent to an activating group) is 1. The lowest BCUT2D eigenvalue weighted by molar-refractivity contribution is 0.0777. The van der Waals surface area contributed by atoms with E-state index in [0.29, 0.717) is 12.6 Å². The first-order valence-corrected chi connectivity index (χ1v) is 8.57. The third-order valence-electron chi connectivity index (χ3n) is 4.78. The average Bonchev–Trinajstić information content (AvgIpc) is 2.79. The summed E-state index contributed by atoms with van der Waals surface area (Å²) >= 11 is 0. The third-order valence-corrected chi connectivity index (χ3v) is 4.78. The van der Waals surface area contributed by atoms with E-state index in [1.54, 1.807) is 0 Å². The van der Waals surface area contributed by atoms with Gasteiger partial charge in [-0.15, -0.1) is 0 Å². The summed E-state index contributed by atoms with van der Waals surface area (Å²) in [6, 6.07) is 2.65. The molecule has 1 aromatic heterocycles. The van der Waals surface area contributed by atoms with Crippen molar-refractivity contribution in [2.24, 2.45) is 0 Å². The van der Waals surface area contributed by atoms with Gasteiger partial charge in [-0.1, -0.05) is 31.4 Å². The van der Waals surface area contributed by atoms with Gasteiger partial charge >= 0.3 is 0 Å². The molecule has 122 valence electrons. The summed E-state index contributed by atoms with van der Waals surface area (Å²) < 4.78 is 2.40. The Morgan fingerprint density at radius 3 is 2.50 bits per heavy atom. The van der Waals surface area contributed by atoms with Crippen LogP contribution < -0.4 is 0 Å². The van der Waals surface area contributed by atoms with Crippen LogP contribution in [0.5, 0.6) is 0 Å². The highest BCUT2D eigenvalue weighted by Gasteiger charge is 2.24. The summed E-state index contributed by atoms with van der Waals surface area (Å²) in [7, 11) is 0. The summed E-state index contributed by atoms with van der Waals surface area (Å²) in [5.41, 5.74) is 4.25. The smallest absolute Gasteiger partial charge is 0.255 e. The molecule has 0 aliphatic heterocycles. The van der Waals surface area contributed by atoms with E-state index in [9.17, 15) is 4.79 Å². The van der Waals surface area contributed by atoms with Crippen LogP contribution in [0.25, 0.3) is 0 Å². The minimum Gasteiger partial charge on any atom is -0.345 e. The number of nitrogens with zero attached hydrogens (tertiary/aromatic N) is 2. The van der Waals surface area contributed by atoms with Crippen molar-refractivity contribution in [3.8, 4) is 0 Å². The molecule has 22 heavy (non-hydrogen) atoms. The highest BCUT2D eigenvalue weighted by atomic mass is 16.2. The Bertz CT molecular complexity index is 550. The average molecular weight is 302 g/mol. The Hall–Kier alpha value is -1.51. The van der Waals surface area contributed by atoms with E-state index >= 15 is 0 Å². The van der Waals surface area contributed by atoms with Gasteiger partial charge in [0.05, 0.1) is 5.56 Å². The van der Waals surface area contributed by atoms with E-state index in [0.717, 1.165) is 23.4 Å². The van der Waals surface area contributed by atoms with Gasteiger partial charge in [0.2, 0.25) is 0 Å². The van der Waals surface area contributed by atoms with Crippen molar-refractivity contribution in [2.45, 2.75) is 65.8 Å². The first-order chi connectivity index (χ1) is 10.5. The van der Waals surface area contributed by atoms with Crippen LogP contribution in [0.4, 0.5) is 0 Å². The Balaban J connectivity index is 2.28. The molecule has 0 spiro atoms. The monoisotopic (exact) mass is 302 g/mol. The zero-order valence-electron chi connectivity index (χ0n) is 14.6. The molecule has 1 amide bonds. The van der Waals surface area contributed by atoms with Gasteiger partial charge in [0, 0.05) is 30.5 Å². The molecular formula is C19H30N2O. The van der Waals surface area contributed by atoms with Crippen molar-refractivity contribution in [2.75, 3.05) is 13.1 Å². The number of aromatic nitrogens is 1. The first kappa shape index (κ1) is 16.9. The summed E-state index contributed by atoms with van der Waals surface area (Å²) in [5, 5.41) is 0. The molecule has 0 bridgehead atoms. The van der Waals surface area contributed by atoms with Crippen LogP contribution in [-0.2, 0) is 0 Å². The van der Waals surface area contributed by atoms with Crippen molar-refractivity contribution < 1.29 is 4.79 Å². The van der Waals surface area contributed by atoms with Crippen LogP contribution in [-0.4, -0.2) is 28.5 Å². The zero-order valence-corrected chi connectivity index (χ0v) is 14.6. The summed E-state index contributed by atoms with van der Waals surface area (Å²) in [5.74, 6) is 0.139. The van der Waals surface area contributed by atoms with Crippen LogP contribution in [0, 0.1) is 13.8 Å². The van der Waals surface area contributed by atoms with E-state index in [-0.39, 0.29) is 5.91 Å². The molecule has 1 saturated carbocycles. The summed E-state index contributed by atoms with van der Waals surface area (Å²) in [6.07, 6.45) is 6.45. The van der Waals surface area contributed by atoms with E-state index in [4.69, 9.17) is 0 Å². The van der Waals surface area contributed by atoms with Gasteiger partial charge in [-0.25, -0.2) is 0 Å². The molecule has 1 aliphatic rings. The maximum Gasteiger partial charge on any atom is 0.255 e. The van der Waals surface area contributed by atoms with Crippen molar-refractivity contribution in [3.05, 3.63) is 35.2 Å². The molecule has 0 N–H and O–H groups in total. The van der Waals surface area contributed by atoms with Gasteiger partial charge < -0.3 is 9.47 Å². The fourth-order valence-corrected chi connectivity index (χ4v) is 3.72. The number of hydrogen-bond acceptors (Lipinski definition) is 1. The fraction of sp³-hybridized carbons (Fsp3) is 0.632. The van der Waals surface area contributed by atoms with Crippen molar-refractivity contribution in [3.63, 3.8) is 0 Å². The van der Waals surface area contributed by atoms with Crippen molar-refractivity contribution >= 4 is 5.91 Å². The van der Waals surface area contributed by atoms with Gasteiger partial charge in [0.25, 0.3) is 5.91 Å². The molecule has 3 nitrogen and oxygen atoms in total. The van der Waals surface area contributed by atoms with E-state index < -0.39 is 0 Å². The van der Waals surface area contributed by atoms with Crippen LogP contribution in [0.3, 0.4) is 0 Å². The molecule has 0 aromatic carbocycles. The number of rotatable bonds is 5. The van der Waals surface area contributed by atoms with Crippen molar-refractivity contribution in [1.82, 2.24) is 9.47 Å². The van der Waals surface area contributed by atoms with E-state index in [1.807, 2.05) is 18.7 Å². The highest BCUT2D eigenvalue weighted by Crippen LogP contribution is 2.32. The Labute approximate surface area is 135 Å². The zero-order chi connectivity index (χ0) is 16.3. The van der Waals surface area contributed by atoms with Gasteiger partial charge in [0.1, 0.15) is 0 Å². The quantitative estimate of drug-likeness (QED) is 0.727. The van der Waals surface area contributed by atoms with Gasteiger partial charge in [0.15, 0.2) is 0 Å². The second-order valence-electron chi connectivity index (χ2n) is 6.72. The summed E-state index contributed by atoms with van der Waals surface area (Å²) in [4.78, 5) is 14.7. The first-order valence-electron chi connectivity index (χ1n) is 8.57. The standard InChI is InChI=1S/C19H30N2O/c1-6-20(13-14(2)3)19(22)18-12-15(4)21(16(18)5)17-10-8-7-9-11-17/h12,17H,2,6-11,13H2,1,3-5H3. The largest absolute Gasteiger partial charge is 0.345 e. The Morgan fingerprint density at radius 1 is 1.32 bits per heavy atom. The molecular weight excluding hydrogens is 272 g/mol. The van der Waals surface area contributed by atoms with Gasteiger partial charge in [-0.2, -0.15) is 0 Å². The number of aryl methyl sites for hydroxylation is 1. The molecule has 0 saturated heterocycles. The number of amides is 1. The molecule has 1 aliphatic carbocycles. The number of carbonyl (C=O) groups excluding carboxylic acids is 1. The molecule has 0 radical (unpaired) electrons. The third kappa shape index (κ3) is 3.45. The lowest BCUT2D eigenvalue weighted by Crippen LogP contribution is -2.32. The predicted molar refractivity (Wildman–Crippen MR) is 92.4 cm³/mol. The van der Waals surface area contributed by atoms with Gasteiger partial charge in [-0.3, -0.25) is 4.79 Å². The van der Waals surface area contributed by atoms with Crippen LogP contribution in [0.1, 0.15) is 73.7 Å². The van der Waals surface area contributed by atoms with Gasteiger partial charge in [-0.05, 0) is 46.6 Å². The second kappa shape index (κ2) is 7.17. The van der Waals surface area contributed by atoms with Crippen LogP contribution in [0.15, 0.2) is 18.2 Å². The summed E-state index contributed by atoms with van der Waals surface area (Å²) in [6.45, 7) is 13.5. The molecule has 1 aromatic rings. The molecule has 0 unspecified atom stereocenters. The lowest BCUT2D eigenvalue weighted by Gasteiger charge is -2.27. The highest BCUT2D eigenvalue weighted by molar-refractivity contribution is 5.95. The maximum absolute atomic E-state index is 12.9. The Kier molecular flexibility index (Phi) is 5.49. The maximum atomic E-state index is 12.9. The Morgan fingerprint density at radius 2 is 1.95 bits per heavy atom. The minimum absolute atomic E-state index is 0.139. The van der Waals surface area contributed by atoms with Crippen LogP contribution >= 0.6 is 0 Å². The SMILES string of the molecule is C=C(C)CN(CC)C(=O)c1cc(C)n(C2CCCCC2)c1C.